The van der Waals surface area contributed by atoms with E-state index in [1.807, 2.05) is 31.2 Å². The summed E-state index contributed by atoms with van der Waals surface area (Å²) in [5.74, 6) is 1.12. The van der Waals surface area contributed by atoms with E-state index >= 15 is 0 Å². The number of hydrogen-bond donors (Lipinski definition) is 0. The minimum absolute atomic E-state index is 0.0484. The Bertz CT molecular complexity index is 655. The van der Waals surface area contributed by atoms with Gasteiger partial charge in [-0.25, -0.2) is 4.98 Å². The Hall–Kier alpha value is -1.88. The van der Waals surface area contributed by atoms with Gasteiger partial charge < -0.3 is 9.15 Å². The van der Waals surface area contributed by atoms with Crippen molar-refractivity contribution in [1.29, 1.82) is 0 Å². The predicted molar refractivity (Wildman–Crippen MR) is 81.5 cm³/mol. The summed E-state index contributed by atoms with van der Waals surface area (Å²) in [4.78, 5) is 18.7. The van der Waals surface area contributed by atoms with Gasteiger partial charge in [-0.3, -0.25) is 9.69 Å². The van der Waals surface area contributed by atoms with Crippen molar-refractivity contribution in [1.82, 2.24) is 9.88 Å². The molecule has 2 saturated heterocycles. The molecule has 116 valence electrons. The largest absolute Gasteiger partial charge is 0.461 e. The third-order valence-corrected chi connectivity index (χ3v) is 4.77. The zero-order valence-corrected chi connectivity index (χ0v) is 12.7. The normalized spacial score (nSPS) is 27.4. The second-order valence-corrected chi connectivity index (χ2v) is 6.33. The van der Waals surface area contributed by atoms with Crippen LogP contribution in [0.5, 0.6) is 0 Å². The first-order valence-electron chi connectivity index (χ1n) is 8.01. The van der Waals surface area contributed by atoms with Crippen LogP contribution in [0.25, 0.3) is 11.1 Å². The van der Waals surface area contributed by atoms with Crippen molar-refractivity contribution in [2.45, 2.75) is 44.2 Å². The molecule has 22 heavy (non-hydrogen) atoms. The number of piperidine rings is 1. The van der Waals surface area contributed by atoms with E-state index in [1.54, 1.807) is 0 Å². The second-order valence-electron chi connectivity index (χ2n) is 6.33. The Balaban J connectivity index is 1.44. The van der Waals surface area contributed by atoms with Crippen LogP contribution in [0.1, 0.15) is 38.0 Å². The Morgan fingerprint density at radius 3 is 2.68 bits per heavy atom. The molecule has 1 aromatic heterocycles. The molecule has 2 aliphatic rings. The summed E-state index contributed by atoms with van der Waals surface area (Å²) in [7, 11) is 0. The van der Waals surface area contributed by atoms with Crippen LogP contribution >= 0.6 is 0 Å². The number of oxazole rings is 1. The maximum Gasteiger partial charge on any atom is 0.323 e. The lowest BCUT2D eigenvalue weighted by Gasteiger charge is -2.33. The Kier molecular flexibility index (Phi) is 3.37. The van der Waals surface area contributed by atoms with Crippen molar-refractivity contribution in [2.75, 3.05) is 13.1 Å². The Morgan fingerprint density at radius 2 is 2.00 bits per heavy atom. The number of rotatable bonds is 2. The highest BCUT2D eigenvalue weighted by Crippen LogP contribution is 2.32. The third-order valence-electron chi connectivity index (χ3n) is 4.77. The van der Waals surface area contributed by atoms with Crippen LogP contribution in [0.15, 0.2) is 28.7 Å². The number of cyclic esters (lactones) is 1. The molecule has 0 spiro atoms. The number of aromatic nitrogens is 1. The highest BCUT2D eigenvalue weighted by molar-refractivity contribution is 5.78. The van der Waals surface area contributed by atoms with E-state index in [9.17, 15) is 4.79 Å². The molecule has 2 aliphatic heterocycles. The van der Waals surface area contributed by atoms with Gasteiger partial charge in [0, 0.05) is 12.3 Å². The zero-order chi connectivity index (χ0) is 15.1. The Labute approximate surface area is 129 Å². The van der Waals surface area contributed by atoms with E-state index in [-0.39, 0.29) is 18.1 Å². The number of fused-ring (bicyclic) bond motifs is 1. The molecule has 0 radical (unpaired) electrons. The van der Waals surface area contributed by atoms with Gasteiger partial charge in [0.05, 0.1) is 0 Å². The number of ether oxygens (including phenoxy) is 1. The summed E-state index contributed by atoms with van der Waals surface area (Å²) in [5.41, 5.74) is 1.78. The topological polar surface area (TPSA) is 55.6 Å². The molecule has 1 aromatic carbocycles. The van der Waals surface area contributed by atoms with E-state index in [1.165, 1.54) is 0 Å². The fraction of sp³-hybridized carbons (Fsp3) is 0.529. The molecule has 2 fully saturated rings. The minimum Gasteiger partial charge on any atom is -0.461 e. The first-order chi connectivity index (χ1) is 10.7. The van der Waals surface area contributed by atoms with Crippen molar-refractivity contribution in [3.05, 3.63) is 30.2 Å². The maximum absolute atomic E-state index is 11.9. The standard InChI is InChI=1S/C17H20N2O3/c1-11-10-14(17(20)21-11)19-8-6-12(7-9-19)16-18-13-4-2-3-5-15(13)22-16/h2-5,11-12,14H,6-10H2,1H3/t11-,14-/m1/s1. The van der Waals surface area contributed by atoms with Crippen molar-refractivity contribution >= 4 is 17.1 Å². The lowest BCUT2D eigenvalue weighted by Crippen LogP contribution is -2.43. The monoisotopic (exact) mass is 300 g/mol. The van der Waals surface area contributed by atoms with Crippen LogP contribution < -0.4 is 0 Å². The number of carbonyl (C=O) groups is 1. The van der Waals surface area contributed by atoms with Gasteiger partial charge in [0.25, 0.3) is 0 Å². The molecule has 4 rings (SSSR count). The van der Waals surface area contributed by atoms with E-state index in [0.29, 0.717) is 5.92 Å². The number of esters is 1. The van der Waals surface area contributed by atoms with Gasteiger partial charge in [0.2, 0.25) is 0 Å². The predicted octanol–water partition coefficient (Wildman–Crippen LogP) is 2.71. The smallest absolute Gasteiger partial charge is 0.323 e. The maximum atomic E-state index is 11.9. The minimum atomic E-state index is -0.0622. The molecular formula is C17H20N2O3. The van der Waals surface area contributed by atoms with Gasteiger partial charge in [-0.2, -0.15) is 0 Å². The molecule has 5 heteroatoms. The van der Waals surface area contributed by atoms with Gasteiger partial charge in [-0.05, 0) is 45.0 Å². The quantitative estimate of drug-likeness (QED) is 0.798. The fourth-order valence-electron chi connectivity index (χ4n) is 3.56. The number of hydrogen-bond acceptors (Lipinski definition) is 5. The lowest BCUT2D eigenvalue weighted by molar-refractivity contribution is -0.145. The molecule has 2 aromatic rings. The molecular weight excluding hydrogens is 280 g/mol. The third kappa shape index (κ3) is 2.39. The molecule has 0 bridgehead atoms. The average Bonchev–Trinajstić information content (AvgIpc) is 3.10. The van der Waals surface area contributed by atoms with Crippen LogP contribution in [-0.2, 0) is 9.53 Å². The zero-order valence-electron chi connectivity index (χ0n) is 12.7. The molecule has 0 N–H and O–H groups in total. The average molecular weight is 300 g/mol. The van der Waals surface area contributed by atoms with E-state index < -0.39 is 0 Å². The van der Waals surface area contributed by atoms with Gasteiger partial charge in [0.1, 0.15) is 17.7 Å². The number of likely N-dealkylation sites (tertiary alicyclic amines) is 1. The van der Waals surface area contributed by atoms with Crippen LogP contribution in [0.4, 0.5) is 0 Å². The molecule has 0 saturated carbocycles. The number of nitrogens with zero attached hydrogens (tertiary/aromatic N) is 2. The first kappa shape index (κ1) is 13.8. The molecule has 0 amide bonds. The van der Waals surface area contributed by atoms with E-state index in [0.717, 1.165) is 49.3 Å². The van der Waals surface area contributed by atoms with Crippen molar-refractivity contribution in [2.24, 2.45) is 0 Å². The summed E-state index contributed by atoms with van der Waals surface area (Å²) >= 11 is 0. The highest BCUT2D eigenvalue weighted by atomic mass is 16.6. The fourth-order valence-corrected chi connectivity index (χ4v) is 3.56. The molecule has 3 heterocycles. The van der Waals surface area contributed by atoms with Crippen molar-refractivity contribution < 1.29 is 13.9 Å². The van der Waals surface area contributed by atoms with E-state index in [4.69, 9.17) is 9.15 Å². The summed E-state index contributed by atoms with van der Waals surface area (Å²) in [6.45, 7) is 3.76. The second kappa shape index (κ2) is 5.39. The molecule has 2 atom stereocenters. The number of carbonyl (C=O) groups excluding carboxylic acids is 1. The van der Waals surface area contributed by atoms with Crippen molar-refractivity contribution in [3.63, 3.8) is 0 Å². The van der Waals surface area contributed by atoms with Gasteiger partial charge in [-0.1, -0.05) is 12.1 Å². The van der Waals surface area contributed by atoms with Crippen LogP contribution in [-0.4, -0.2) is 41.1 Å². The summed E-state index contributed by atoms with van der Waals surface area (Å²) in [6, 6.07) is 7.82. The van der Waals surface area contributed by atoms with Gasteiger partial charge >= 0.3 is 5.97 Å². The molecule has 0 aliphatic carbocycles. The summed E-state index contributed by atoms with van der Waals surface area (Å²) < 4.78 is 11.2. The first-order valence-corrected chi connectivity index (χ1v) is 8.01. The lowest BCUT2D eigenvalue weighted by atomic mass is 9.95. The van der Waals surface area contributed by atoms with Crippen LogP contribution in [0.2, 0.25) is 0 Å². The molecule has 0 unspecified atom stereocenters. The summed E-state index contributed by atoms with van der Waals surface area (Å²) in [5, 5.41) is 0. The van der Waals surface area contributed by atoms with Crippen LogP contribution in [0, 0.1) is 0 Å². The summed E-state index contributed by atoms with van der Waals surface area (Å²) in [6.07, 6.45) is 2.81. The van der Waals surface area contributed by atoms with Gasteiger partial charge in [0.15, 0.2) is 11.5 Å². The molecule has 5 nitrogen and oxygen atoms in total. The highest BCUT2D eigenvalue weighted by Gasteiger charge is 2.38. The number of para-hydroxylation sites is 2. The van der Waals surface area contributed by atoms with E-state index in [2.05, 4.69) is 9.88 Å². The number of benzene rings is 1. The van der Waals surface area contributed by atoms with Crippen LogP contribution in [0.3, 0.4) is 0 Å². The van der Waals surface area contributed by atoms with Crippen molar-refractivity contribution in [3.8, 4) is 0 Å². The van der Waals surface area contributed by atoms with Gasteiger partial charge in [-0.15, -0.1) is 0 Å². The Morgan fingerprint density at radius 1 is 1.23 bits per heavy atom. The SMILES string of the molecule is C[C@@H]1C[C@@H](N2CCC(c3nc4ccccc4o3)CC2)C(=O)O1.